The summed E-state index contributed by atoms with van der Waals surface area (Å²) in [5.74, 6) is 0.193. The van der Waals surface area contributed by atoms with E-state index >= 15 is 0 Å². The Balaban J connectivity index is 0.00000289. The molecule has 0 atom stereocenters. The van der Waals surface area contributed by atoms with E-state index in [1.807, 2.05) is 49.1 Å². The molecular formula is C11H17Cl2N5. The third-order valence-corrected chi connectivity index (χ3v) is 2.29. The molecule has 0 radical (unpaired) electrons. The Labute approximate surface area is 118 Å². The predicted molar refractivity (Wildman–Crippen MR) is 80.4 cm³/mol. The third-order valence-electron chi connectivity index (χ3n) is 2.11. The highest BCUT2D eigenvalue weighted by atomic mass is 35.5. The molecule has 0 aliphatic carbocycles. The molecule has 1 rings (SSSR count). The van der Waals surface area contributed by atoms with E-state index < -0.39 is 0 Å². The van der Waals surface area contributed by atoms with Crippen molar-refractivity contribution in [3.8, 4) is 0 Å². The number of hydrogen-bond acceptors (Lipinski definition) is 1. The average Bonchev–Trinajstić information content (AvgIpc) is 2.29. The highest BCUT2D eigenvalue weighted by molar-refractivity contribution is 6.20. The Morgan fingerprint density at radius 3 is 2.22 bits per heavy atom. The number of benzene rings is 1. The number of aliphatic imine (C=N–C) groups is 1. The Morgan fingerprint density at radius 2 is 1.78 bits per heavy atom. The zero-order valence-electron chi connectivity index (χ0n) is 10.2. The van der Waals surface area contributed by atoms with Gasteiger partial charge in [0.2, 0.25) is 11.9 Å². The van der Waals surface area contributed by atoms with Gasteiger partial charge in [-0.3, -0.25) is 0 Å². The molecule has 18 heavy (non-hydrogen) atoms. The van der Waals surface area contributed by atoms with Gasteiger partial charge in [0.25, 0.3) is 0 Å². The van der Waals surface area contributed by atoms with Crippen LogP contribution in [0.2, 0.25) is 0 Å². The second kappa shape index (κ2) is 7.79. The van der Waals surface area contributed by atoms with E-state index in [1.165, 1.54) is 0 Å². The van der Waals surface area contributed by atoms with Crippen LogP contribution in [0, 0.1) is 0 Å². The van der Waals surface area contributed by atoms with Gasteiger partial charge in [0.05, 0.1) is 0 Å². The molecular weight excluding hydrogens is 273 g/mol. The first-order valence-corrected chi connectivity index (χ1v) is 5.53. The second-order valence-electron chi connectivity index (χ2n) is 3.71. The van der Waals surface area contributed by atoms with E-state index in [4.69, 9.17) is 23.2 Å². The number of nitrogens with two attached hydrogens (primary N) is 2. The summed E-state index contributed by atoms with van der Waals surface area (Å²) < 4.78 is 3.24. The molecule has 0 fully saturated rings. The minimum absolute atomic E-state index is 0. The van der Waals surface area contributed by atoms with Crippen molar-refractivity contribution >= 4 is 41.8 Å². The summed E-state index contributed by atoms with van der Waals surface area (Å²) in [6.45, 7) is 4.01. The zero-order chi connectivity index (χ0) is 12.8. The van der Waals surface area contributed by atoms with E-state index in [0.29, 0.717) is 0 Å². The Morgan fingerprint density at radius 1 is 1.22 bits per heavy atom. The Kier molecular flexibility index (Phi) is 7.16. The van der Waals surface area contributed by atoms with Crippen molar-refractivity contribution < 1.29 is 0 Å². The first-order chi connectivity index (χ1) is 8.06. The Bertz CT molecular complexity index is 417. The number of hydrogen-bond donors (Lipinski definition) is 2. The molecule has 0 saturated heterocycles. The van der Waals surface area contributed by atoms with E-state index in [2.05, 4.69) is 9.50 Å². The largest absolute Gasteiger partial charge is 0.369 e. The minimum atomic E-state index is -0.0641. The normalized spacial score (nSPS) is 12.2. The van der Waals surface area contributed by atoms with Gasteiger partial charge in [-0.15, -0.1) is 16.9 Å². The molecule has 0 heterocycles. The number of halogens is 2. The number of guanidine groups is 2. The SMILES string of the molecule is CC(C)N(C(N)=NC(N)=NCl)c1ccccc1.Cl. The lowest BCUT2D eigenvalue weighted by molar-refractivity contribution is 0.802. The fourth-order valence-corrected chi connectivity index (χ4v) is 1.51. The highest BCUT2D eigenvalue weighted by Crippen LogP contribution is 2.15. The van der Waals surface area contributed by atoms with Crippen molar-refractivity contribution in [3.05, 3.63) is 30.3 Å². The van der Waals surface area contributed by atoms with Crippen LogP contribution in [0.1, 0.15) is 13.8 Å². The van der Waals surface area contributed by atoms with Crippen molar-refractivity contribution in [2.45, 2.75) is 19.9 Å². The van der Waals surface area contributed by atoms with Crippen LogP contribution in [-0.2, 0) is 0 Å². The van der Waals surface area contributed by atoms with Gasteiger partial charge in [0, 0.05) is 23.5 Å². The molecule has 0 aliphatic rings. The number of para-hydroxylation sites is 1. The van der Waals surface area contributed by atoms with Crippen LogP contribution in [0.25, 0.3) is 0 Å². The van der Waals surface area contributed by atoms with Gasteiger partial charge in [-0.05, 0) is 26.0 Å². The molecule has 1 aromatic carbocycles. The molecule has 0 aliphatic heterocycles. The van der Waals surface area contributed by atoms with Crippen LogP contribution in [0.15, 0.2) is 39.8 Å². The van der Waals surface area contributed by atoms with Gasteiger partial charge in [0.1, 0.15) is 0 Å². The lowest BCUT2D eigenvalue weighted by Gasteiger charge is -2.27. The average molecular weight is 290 g/mol. The summed E-state index contributed by atoms with van der Waals surface area (Å²) in [4.78, 5) is 5.75. The molecule has 4 N–H and O–H groups in total. The van der Waals surface area contributed by atoms with Crippen LogP contribution in [0.4, 0.5) is 5.69 Å². The Hall–Kier alpha value is -1.46. The fraction of sp³-hybridized carbons (Fsp3) is 0.273. The van der Waals surface area contributed by atoms with Crippen LogP contribution in [0.3, 0.4) is 0 Å². The van der Waals surface area contributed by atoms with Crippen LogP contribution in [-0.4, -0.2) is 18.0 Å². The molecule has 5 nitrogen and oxygen atoms in total. The lowest BCUT2D eigenvalue weighted by Crippen LogP contribution is -2.43. The molecule has 0 aromatic heterocycles. The fourth-order valence-electron chi connectivity index (χ4n) is 1.47. The summed E-state index contributed by atoms with van der Waals surface area (Å²) in [7, 11) is 0. The van der Waals surface area contributed by atoms with Crippen molar-refractivity contribution in [1.82, 2.24) is 0 Å². The van der Waals surface area contributed by atoms with E-state index in [9.17, 15) is 0 Å². The third kappa shape index (κ3) is 4.43. The van der Waals surface area contributed by atoms with Crippen LogP contribution in [0.5, 0.6) is 0 Å². The zero-order valence-corrected chi connectivity index (χ0v) is 11.8. The monoisotopic (exact) mass is 289 g/mol. The number of nitrogens with zero attached hydrogens (tertiary/aromatic N) is 3. The van der Waals surface area contributed by atoms with Crippen molar-refractivity contribution in [1.29, 1.82) is 0 Å². The van der Waals surface area contributed by atoms with Gasteiger partial charge < -0.3 is 16.4 Å². The maximum Gasteiger partial charge on any atom is 0.235 e. The van der Waals surface area contributed by atoms with Gasteiger partial charge in [0.15, 0.2) is 0 Å². The van der Waals surface area contributed by atoms with Crippen molar-refractivity contribution in [3.63, 3.8) is 0 Å². The molecule has 100 valence electrons. The van der Waals surface area contributed by atoms with Crippen LogP contribution < -0.4 is 16.4 Å². The molecule has 1 aromatic rings. The van der Waals surface area contributed by atoms with Crippen LogP contribution >= 0.6 is 24.2 Å². The van der Waals surface area contributed by atoms with Crippen molar-refractivity contribution in [2.75, 3.05) is 4.90 Å². The van der Waals surface area contributed by atoms with Gasteiger partial charge in [-0.25, -0.2) is 0 Å². The summed E-state index contributed by atoms with van der Waals surface area (Å²) in [5.41, 5.74) is 12.2. The summed E-state index contributed by atoms with van der Waals surface area (Å²) in [6.07, 6.45) is 0. The highest BCUT2D eigenvalue weighted by Gasteiger charge is 2.14. The smallest absolute Gasteiger partial charge is 0.235 e. The molecule has 0 saturated carbocycles. The maximum atomic E-state index is 5.88. The topological polar surface area (TPSA) is 80.0 Å². The molecule has 7 heteroatoms. The van der Waals surface area contributed by atoms with E-state index in [-0.39, 0.29) is 30.4 Å². The number of rotatable bonds is 2. The minimum Gasteiger partial charge on any atom is -0.369 e. The molecule has 0 bridgehead atoms. The molecule has 0 amide bonds. The first kappa shape index (κ1) is 16.5. The standard InChI is InChI=1S/C11H16ClN5.ClH/c1-8(2)17(9-6-4-3-5-7-9)11(14)15-10(13)16-12;/h3-8H,1-2H3,(H4,13,14,15,16);1H. The maximum absolute atomic E-state index is 5.88. The quantitative estimate of drug-likeness (QED) is 0.646. The summed E-state index contributed by atoms with van der Waals surface area (Å²) in [5, 5.41) is 0. The van der Waals surface area contributed by atoms with Crippen molar-refractivity contribution in [2.24, 2.45) is 21.0 Å². The first-order valence-electron chi connectivity index (χ1n) is 5.19. The predicted octanol–water partition coefficient (Wildman–Crippen LogP) is 2.11. The molecule has 0 spiro atoms. The van der Waals surface area contributed by atoms with Gasteiger partial charge in [-0.1, -0.05) is 18.2 Å². The number of anilines is 1. The second-order valence-corrected chi connectivity index (χ2v) is 3.88. The summed E-state index contributed by atoms with van der Waals surface area (Å²) in [6, 6.07) is 9.81. The van der Waals surface area contributed by atoms with Gasteiger partial charge in [-0.2, -0.15) is 4.99 Å². The van der Waals surface area contributed by atoms with E-state index in [0.717, 1.165) is 5.69 Å². The summed E-state index contributed by atoms with van der Waals surface area (Å²) >= 11 is 5.21. The van der Waals surface area contributed by atoms with E-state index in [1.54, 1.807) is 0 Å². The van der Waals surface area contributed by atoms with Gasteiger partial charge >= 0.3 is 0 Å². The molecule has 0 unspecified atom stereocenters. The lowest BCUT2D eigenvalue weighted by atomic mass is 10.2.